The van der Waals surface area contributed by atoms with E-state index in [1.165, 1.54) is 12.1 Å². The molecule has 0 radical (unpaired) electrons. The van der Waals surface area contributed by atoms with Gasteiger partial charge in [0.15, 0.2) is 0 Å². The van der Waals surface area contributed by atoms with Crippen molar-refractivity contribution in [1.29, 1.82) is 0 Å². The van der Waals surface area contributed by atoms with Crippen molar-refractivity contribution in [2.24, 2.45) is 5.92 Å². The second-order valence-corrected chi connectivity index (χ2v) is 9.84. The summed E-state index contributed by atoms with van der Waals surface area (Å²) in [6, 6.07) is 21.9. The number of fused-ring (bicyclic) bond motifs is 3. The molecular weight excluding hydrogens is 455 g/mol. The largest absolute Gasteiger partial charge is 0.394 e. The van der Waals surface area contributed by atoms with E-state index in [1.807, 2.05) is 62.5 Å². The number of nitrogens with zero attached hydrogens (tertiary/aromatic N) is 2. The van der Waals surface area contributed by atoms with Gasteiger partial charge in [0, 0.05) is 31.1 Å². The van der Waals surface area contributed by atoms with E-state index < -0.39 is 0 Å². The maximum absolute atomic E-state index is 13.9. The number of benzene rings is 3. The minimum atomic E-state index is -0.332. The molecule has 1 aliphatic heterocycles. The standard InChI is InChI=1S/C30H35FN2O3/c1-21-16-33(22(2)19-34)30(35)28-11-7-6-10-27(28)26-9-5-4-8-24(26)20-36-29(21)18-32(3)17-23-12-14-25(31)15-13-23/h4-15,21-22,29,34H,16-20H2,1-3H3/t21-,22+,29-/m1/s1. The van der Waals surface area contributed by atoms with Crippen molar-refractivity contribution in [1.82, 2.24) is 9.80 Å². The first-order valence-corrected chi connectivity index (χ1v) is 12.5. The SMILES string of the molecule is C[C@@H]1CN([C@@H](C)CO)C(=O)c2ccccc2-c2ccccc2CO[C@@H]1CN(C)Cc1ccc(F)cc1. The van der Waals surface area contributed by atoms with Crippen molar-refractivity contribution in [3.8, 4) is 11.1 Å². The predicted octanol–water partition coefficient (Wildman–Crippen LogP) is 4.98. The topological polar surface area (TPSA) is 53.0 Å². The van der Waals surface area contributed by atoms with E-state index in [1.54, 1.807) is 17.0 Å². The third-order valence-electron chi connectivity index (χ3n) is 6.95. The molecule has 0 aromatic heterocycles. The molecule has 1 aliphatic rings. The van der Waals surface area contributed by atoms with Crippen LogP contribution in [0.2, 0.25) is 0 Å². The highest BCUT2D eigenvalue weighted by molar-refractivity contribution is 6.01. The summed E-state index contributed by atoms with van der Waals surface area (Å²) in [5.41, 5.74) is 4.53. The molecule has 1 heterocycles. The predicted molar refractivity (Wildman–Crippen MR) is 140 cm³/mol. The molecule has 0 aliphatic carbocycles. The monoisotopic (exact) mass is 490 g/mol. The molecule has 0 fully saturated rings. The number of carbonyl (C=O) groups is 1. The summed E-state index contributed by atoms with van der Waals surface area (Å²) in [6.45, 7) is 6.03. The van der Waals surface area contributed by atoms with Gasteiger partial charge in [-0.2, -0.15) is 0 Å². The Balaban J connectivity index is 1.67. The number of rotatable bonds is 6. The Bertz CT molecular complexity index is 1170. The molecule has 1 amide bonds. The minimum absolute atomic E-state index is 0.0102. The average molecular weight is 491 g/mol. The summed E-state index contributed by atoms with van der Waals surface area (Å²) >= 11 is 0. The Hall–Kier alpha value is -3.06. The molecule has 3 aromatic carbocycles. The van der Waals surface area contributed by atoms with Crippen molar-refractivity contribution >= 4 is 5.91 Å². The van der Waals surface area contributed by atoms with Crippen LogP contribution in [-0.4, -0.2) is 59.7 Å². The first-order chi connectivity index (χ1) is 17.4. The fraction of sp³-hybridized carbons (Fsp3) is 0.367. The van der Waals surface area contributed by atoms with Crippen molar-refractivity contribution in [3.05, 3.63) is 95.3 Å². The first kappa shape index (κ1) is 26.0. The van der Waals surface area contributed by atoms with Crippen LogP contribution in [0.4, 0.5) is 4.39 Å². The summed E-state index contributed by atoms with van der Waals surface area (Å²) in [7, 11) is 2.02. The fourth-order valence-corrected chi connectivity index (χ4v) is 4.82. The number of likely N-dealkylation sites (N-methyl/N-ethyl adjacent to an activating group) is 1. The van der Waals surface area contributed by atoms with Crippen LogP contribution in [0.3, 0.4) is 0 Å². The van der Waals surface area contributed by atoms with Gasteiger partial charge in [-0.1, -0.05) is 61.5 Å². The van der Waals surface area contributed by atoms with Crippen LogP contribution in [0.5, 0.6) is 0 Å². The molecule has 0 spiro atoms. The lowest BCUT2D eigenvalue weighted by molar-refractivity contribution is -0.0241. The maximum Gasteiger partial charge on any atom is 0.254 e. The van der Waals surface area contributed by atoms with Gasteiger partial charge in [-0.15, -0.1) is 0 Å². The molecule has 36 heavy (non-hydrogen) atoms. The summed E-state index contributed by atoms with van der Waals surface area (Å²) in [5, 5.41) is 9.98. The number of hydrogen-bond acceptors (Lipinski definition) is 4. The number of amides is 1. The summed E-state index contributed by atoms with van der Waals surface area (Å²) in [4.78, 5) is 17.8. The van der Waals surface area contributed by atoms with Crippen molar-refractivity contribution in [2.75, 3.05) is 26.7 Å². The molecule has 0 unspecified atom stereocenters. The second-order valence-electron chi connectivity index (χ2n) is 9.84. The van der Waals surface area contributed by atoms with Crippen LogP contribution in [0.15, 0.2) is 72.8 Å². The van der Waals surface area contributed by atoms with Gasteiger partial charge in [-0.05, 0) is 54.4 Å². The van der Waals surface area contributed by atoms with Gasteiger partial charge in [0.2, 0.25) is 0 Å². The summed E-state index contributed by atoms with van der Waals surface area (Å²) in [6.07, 6.45) is -0.161. The van der Waals surface area contributed by atoms with Crippen LogP contribution in [0.1, 0.15) is 35.3 Å². The molecule has 0 saturated carbocycles. The van der Waals surface area contributed by atoms with E-state index >= 15 is 0 Å². The second kappa shape index (κ2) is 11.8. The molecule has 3 atom stereocenters. The molecular formula is C30H35FN2O3. The van der Waals surface area contributed by atoms with E-state index in [0.29, 0.717) is 31.8 Å². The zero-order valence-electron chi connectivity index (χ0n) is 21.2. The highest BCUT2D eigenvalue weighted by Gasteiger charge is 2.30. The summed E-state index contributed by atoms with van der Waals surface area (Å²) in [5.74, 6) is -0.325. The molecule has 3 aromatic rings. The Morgan fingerprint density at radius 3 is 2.36 bits per heavy atom. The number of aliphatic hydroxyl groups is 1. The molecule has 6 heteroatoms. The molecule has 4 rings (SSSR count). The number of carbonyl (C=O) groups excluding carboxylic acids is 1. The lowest BCUT2D eigenvalue weighted by atomic mass is 9.94. The molecule has 5 nitrogen and oxygen atoms in total. The maximum atomic E-state index is 13.9. The van der Waals surface area contributed by atoms with Crippen LogP contribution in [0, 0.1) is 11.7 Å². The highest BCUT2D eigenvalue weighted by atomic mass is 19.1. The molecule has 0 saturated heterocycles. The molecule has 0 bridgehead atoms. The van der Waals surface area contributed by atoms with Crippen LogP contribution in [0.25, 0.3) is 11.1 Å². The van der Waals surface area contributed by atoms with Crippen molar-refractivity contribution < 1.29 is 19.0 Å². The van der Waals surface area contributed by atoms with E-state index in [-0.39, 0.29) is 36.4 Å². The van der Waals surface area contributed by atoms with E-state index in [2.05, 4.69) is 11.8 Å². The quantitative estimate of drug-likeness (QED) is 0.529. The lowest BCUT2D eigenvalue weighted by Gasteiger charge is -2.35. The average Bonchev–Trinajstić information content (AvgIpc) is 2.91. The third-order valence-corrected chi connectivity index (χ3v) is 6.95. The summed E-state index contributed by atoms with van der Waals surface area (Å²) < 4.78 is 19.9. The van der Waals surface area contributed by atoms with Gasteiger partial charge in [-0.25, -0.2) is 4.39 Å². The Morgan fingerprint density at radius 1 is 1.03 bits per heavy atom. The molecule has 1 N–H and O–H groups in total. The lowest BCUT2D eigenvalue weighted by Crippen LogP contribution is -2.47. The molecule has 190 valence electrons. The van der Waals surface area contributed by atoms with Gasteiger partial charge in [0.25, 0.3) is 5.91 Å². The number of aliphatic hydroxyl groups excluding tert-OH is 1. The fourth-order valence-electron chi connectivity index (χ4n) is 4.82. The number of hydrogen-bond donors (Lipinski definition) is 1. The third kappa shape index (κ3) is 6.01. The van der Waals surface area contributed by atoms with Crippen LogP contribution in [-0.2, 0) is 17.9 Å². The van der Waals surface area contributed by atoms with Gasteiger partial charge in [0.1, 0.15) is 5.82 Å². The number of ether oxygens (including phenoxy) is 1. The highest BCUT2D eigenvalue weighted by Crippen LogP contribution is 2.31. The van der Waals surface area contributed by atoms with Gasteiger partial charge >= 0.3 is 0 Å². The Labute approximate surface area is 213 Å². The zero-order valence-corrected chi connectivity index (χ0v) is 21.2. The van der Waals surface area contributed by atoms with Crippen LogP contribution < -0.4 is 0 Å². The van der Waals surface area contributed by atoms with E-state index in [9.17, 15) is 14.3 Å². The van der Waals surface area contributed by atoms with Gasteiger partial charge in [0.05, 0.1) is 25.4 Å². The minimum Gasteiger partial charge on any atom is -0.394 e. The Morgan fingerprint density at radius 2 is 1.67 bits per heavy atom. The number of halogens is 1. The zero-order chi connectivity index (χ0) is 25.7. The van der Waals surface area contributed by atoms with Crippen molar-refractivity contribution in [3.63, 3.8) is 0 Å². The van der Waals surface area contributed by atoms with E-state index in [0.717, 1.165) is 22.3 Å². The van der Waals surface area contributed by atoms with Gasteiger partial charge in [-0.3, -0.25) is 9.69 Å². The Kier molecular flexibility index (Phi) is 8.52. The normalized spacial score (nSPS) is 19.4. The van der Waals surface area contributed by atoms with E-state index in [4.69, 9.17) is 4.74 Å². The van der Waals surface area contributed by atoms with Gasteiger partial charge < -0.3 is 14.7 Å². The van der Waals surface area contributed by atoms with Crippen molar-refractivity contribution in [2.45, 2.75) is 39.1 Å². The first-order valence-electron chi connectivity index (χ1n) is 12.5. The van der Waals surface area contributed by atoms with Crippen LogP contribution >= 0.6 is 0 Å². The smallest absolute Gasteiger partial charge is 0.254 e.